The number of hydrogen-bond acceptors (Lipinski definition) is 13. The molecule has 17 heteroatoms. The Morgan fingerprint density at radius 1 is 1.31 bits per heavy atom. The van der Waals surface area contributed by atoms with Crippen molar-refractivity contribution < 1.29 is 29.5 Å². The van der Waals surface area contributed by atoms with Crippen LogP contribution in [0.5, 0.6) is 0 Å². The first-order valence-electron chi connectivity index (χ1n) is 10.2. The number of anilines is 2. The molecular formula is C19H19N7O6S4. The number of fused-ring (bicyclic) bond motifs is 1. The van der Waals surface area contributed by atoms with E-state index in [1.54, 1.807) is 0 Å². The predicted octanol–water partition coefficient (Wildman–Crippen LogP) is 0.991. The van der Waals surface area contributed by atoms with Crippen molar-refractivity contribution in [2.75, 3.05) is 22.6 Å². The van der Waals surface area contributed by atoms with Crippen LogP contribution in [-0.2, 0) is 25.6 Å². The summed E-state index contributed by atoms with van der Waals surface area (Å²) in [6, 6.07) is -0.988. The third kappa shape index (κ3) is 5.32. The maximum Gasteiger partial charge on any atom is 0.353 e. The molecule has 0 aromatic carbocycles. The number of nitrogens with zero attached hydrogens (tertiary/aromatic N) is 4. The highest BCUT2D eigenvalue weighted by Gasteiger charge is 2.54. The number of aryl methyl sites for hydroxylation is 1. The second-order valence-corrected chi connectivity index (χ2v) is 11.4. The molecule has 6 N–H and O–H groups in total. The molecule has 190 valence electrons. The number of rotatable bonds is 9. The van der Waals surface area contributed by atoms with E-state index < -0.39 is 34.9 Å². The van der Waals surface area contributed by atoms with Gasteiger partial charge in [0, 0.05) is 34.1 Å². The number of aromatic nitrogens is 2. The Bertz CT molecular complexity index is 1290. The van der Waals surface area contributed by atoms with Crippen LogP contribution in [0.2, 0.25) is 0 Å². The smallest absolute Gasteiger partial charge is 0.353 e. The van der Waals surface area contributed by atoms with Gasteiger partial charge in [0.2, 0.25) is 5.91 Å². The average molecular weight is 570 g/mol. The zero-order chi connectivity index (χ0) is 26.0. The van der Waals surface area contributed by atoms with Crippen molar-refractivity contribution in [3.05, 3.63) is 32.8 Å². The zero-order valence-corrected chi connectivity index (χ0v) is 21.7. The van der Waals surface area contributed by atoms with E-state index in [1.165, 1.54) is 47.2 Å². The van der Waals surface area contributed by atoms with E-state index in [4.69, 9.17) is 5.73 Å². The largest absolute Gasteiger partial charge is 0.477 e. The minimum Gasteiger partial charge on any atom is -0.477 e. The molecule has 0 saturated carbocycles. The molecule has 3 amide bonds. The summed E-state index contributed by atoms with van der Waals surface area (Å²) in [5, 5.41) is 30.5. The number of nitrogens with two attached hydrogens (primary N) is 1. The van der Waals surface area contributed by atoms with Crippen molar-refractivity contribution >= 4 is 85.9 Å². The second-order valence-electron chi connectivity index (χ2n) is 7.38. The number of hydrogen-bond donors (Lipinski definition) is 5. The maximum absolute atomic E-state index is 12.8. The molecule has 1 fully saturated rings. The van der Waals surface area contributed by atoms with Crippen molar-refractivity contribution in [3.63, 3.8) is 0 Å². The zero-order valence-electron chi connectivity index (χ0n) is 18.5. The molecule has 2 aliphatic heterocycles. The topological polar surface area (TPSA) is 200 Å². The number of aliphatic carboxylic acids is 1. The van der Waals surface area contributed by atoms with E-state index in [0.717, 1.165) is 21.9 Å². The highest BCUT2D eigenvalue weighted by atomic mass is 32.2. The first kappa shape index (κ1) is 25.9. The Kier molecular flexibility index (Phi) is 7.82. The summed E-state index contributed by atoms with van der Waals surface area (Å²) in [6.07, 6.45) is 0.544. The van der Waals surface area contributed by atoms with Gasteiger partial charge < -0.3 is 26.7 Å². The van der Waals surface area contributed by atoms with Crippen molar-refractivity contribution in [1.29, 1.82) is 0 Å². The van der Waals surface area contributed by atoms with Gasteiger partial charge in [-0.05, 0) is 6.42 Å². The van der Waals surface area contributed by atoms with Gasteiger partial charge >= 0.3 is 5.97 Å². The summed E-state index contributed by atoms with van der Waals surface area (Å²) in [4.78, 5) is 58.5. The summed E-state index contributed by atoms with van der Waals surface area (Å²) < 4.78 is 0. The number of nitrogens with one attached hydrogen (secondary N) is 2. The minimum absolute atomic E-state index is 0.0616. The van der Waals surface area contributed by atoms with Gasteiger partial charge in [0.15, 0.2) is 16.0 Å². The Labute approximate surface area is 220 Å². The van der Waals surface area contributed by atoms with Crippen molar-refractivity contribution in [1.82, 2.24) is 20.2 Å². The first-order chi connectivity index (χ1) is 17.2. The molecule has 2 aromatic heterocycles. The molecule has 0 aliphatic carbocycles. The van der Waals surface area contributed by atoms with E-state index in [-0.39, 0.29) is 22.4 Å². The third-order valence-electron chi connectivity index (χ3n) is 4.97. The lowest BCUT2D eigenvalue weighted by Crippen LogP contribution is -2.71. The summed E-state index contributed by atoms with van der Waals surface area (Å²) in [5.41, 5.74) is 5.87. The summed E-state index contributed by atoms with van der Waals surface area (Å²) in [7, 11) is 0. The lowest BCUT2D eigenvalue weighted by Gasteiger charge is -2.49. The lowest BCUT2D eigenvalue weighted by atomic mass is 10.0. The predicted molar refractivity (Wildman–Crippen MR) is 137 cm³/mol. The Morgan fingerprint density at radius 2 is 2.08 bits per heavy atom. The summed E-state index contributed by atoms with van der Waals surface area (Å²) in [6.45, 7) is 1.40. The van der Waals surface area contributed by atoms with Crippen LogP contribution in [0.3, 0.4) is 0 Å². The van der Waals surface area contributed by atoms with Gasteiger partial charge in [0.25, 0.3) is 11.8 Å². The maximum atomic E-state index is 12.8. The first-order valence-corrected chi connectivity index (χ1v) is 14.0. The third-order valence-corrected chi connectivity index (χ3v) is 9.01. The van der Waals surface area contributed by atoms with E-state index in [1.807, 2.05) is 5.38 Å². The molecule has 4 heterocycles. The van der Waals surface area contributed by atoms with E-state index in [9.17, 15) is 29.5 Å². The molecule has 4 rings (SSSR count). The SMILES string of the molecule is CC(=O)Nc1nc(CCSC2=C(C(=O)O)N3C(=O)[C@@H](NC(=O)/C(=N\O)c4csc(N)n4)[C@H]3SC2)cs1. The van der Waals surface area contributed by atoms with Gasteiger partial charge in [-0.15, -0.1) is 46.2 Å². The fourth-order valence-electron chi connectivity index (χ4n) is 3.43. The average Bonchev–Trinajstić information content (AvgIpc) is 3.45. The summed E-state index contributed by atoms with van der Waals surface area (Å²) in [5.74, 6) is -1.99. The van der Waals surface area contributed by atoms with Gasteiger partial charge in [-0.2, -0.15) is 0 Å². The number of oxime groups is 1. The van der Waals surface area contributed by atoms with E-state index >= 15 is 0 Å². The molecule has 0 spiro atoms. The van der Waals surface area contributed by atoms with Crippen molar-refractivity contribution in [3.8, 4) is 0 Å². The summed E-state index contributed by atoms with van der Waals surface area (Å²) >= 11 is 5.00. The van der Waals surface area contributed by atoms with Crippen LogP contribution in [0, 0.1) is 0 Å². The Balaban J connectivity index is 1.40. The number of carbonyl (C=O) groups excluding carboxylic acids is 3. The van der Waals surface area contributed by atoms with Crippen LogP contribution in [0.25, 0.3) is 0 Å². The number of thiazole rings is 2. The molecule has 13 nitrogen and oxygen atoms in total. The van der Waals surface area contributed by atoms with Gasteiger partial charge in [-0.3, -0.25) is 19.3 Å². The van der Waals surface area contributed by atoms with Crippen molar-refractivity contribution in [2.45, 2.75) is 24.8 Å². The highest BCUT2D eigenvalue weighted by molar-refractivity contribution is 8.06. The molecular weight excluding hydrogens is 551 g/mol. The highest BCUT2D eigenvalue weighted by Crippen LogP contribution is 2.43. The molecule has 1 saturated heterocycles. The quantitative estimate of drug-likeness (QED) is 0.125. The van der Waals surface area contributed by atoms with Crippen molar-refractivity contribution in [2.24, 2.45) is 5.16 Å². The molecule has 2 aliphatic rings. The monoisotopic (exact) mass is 569 g/mol. The number of thioether (sulfide) groups is 2. The van der Waals surface area contributed by atoms with Crippen LogP contribution in [0.4, 0.5) is 10.3 Å². The fourth-order valence-corrected chi connectivity index (χ4v) is 7.38. The molecule has 36 heavy (non-hydrogen) atoms. The normalized spacial score (nSPS) is 19.5. The van der Waals surface area contributed by atoms with Crippen LogP contribution < -0.4 is 16.4 Å². The van der Waals surface area contributed by atoms with Gasteiger partial charge in [-0.25, -0.2) is 14.8 Å². The van der Waals surface area contributed by atoms with Gasteiger partial charge in [0.05, 0.1) is 5.69 Å². The van der Waals surface area contributed by atoms with Crippen LogP contribution in [-0.4, -0.2) is 77.5 Å². The molecule has 0 radical (unpaired) electrons. The van der Waals surface area contributed by atoms with Gasteiger partial charge in [0.1, 0.15) is 22.8 Å². The van der Waals surface area contributed by atoms with Crippen LogP contribution in [0.1, 0.15) is 18.3 Å². The number of carboxylic acids is 1. The standard InChI is InChI=1S/C19H19N7O6S4/c1-7(27)21-19-22-8(4-36-19)2-3-33-10-6-34-16-12(15(29)26(16)13(10)17(30)31)24-14(28)11(25-32)9-5-35-18(20)23-9/h4-5,12,16,32H,2-3,6H2,1H3,(H2,20,23)(H,24,28)(H,30,31)(H,21,22,27)/b25-11-/t12-,16-/m1/s1. The molecule has 2 aromatic rings. The number of carbonyl (C=O) groups is 4. The number of carboxylic acid groups (broad SMARTS) is 1. The van der Waals surface area contributed by atoms with Crippen LogP contribution in [0.15, 0.2) is 26.5 Å². The molecule has 0 unspecified atom stereocenters. The Hall–Kier alpha value is -3.15. The fraction of sp³-hybridized carbons (Fsp3) is 0.316. The minimum atomic E-state index is -1.24. The number of amides is 3. The lowest BCUT2D eigenvalue weighted by molar-refractivity contribution is -0.150. The van der Waals surface area contributed by atoms with E-state index in [0.29, 0.717) is 28.0 Å². The van der Waals surface area contributed by atoms with Gasteiger partial charge in [-0.1, -0.05) is 5.16 Å². The number of β-lactam (4-membered cyclic amide) rings is 1. The van der Waals surface area contributed by atoms with E-state index in [2.05, 4.69) is 25.8 Å². The number of nitrogen functional groups attached to an aromatic ring is 1. The Morgan fingerprint density at radius 3 is 2.72 bits per heavy atom. The van der Waals surface area contributed by atoms with Crippen LogP contribution >= 0.6 is 46.2 Å². The second kappa shape index (κ2) is 10.9. The molecule has 0 bridgehead atoms. The molecule has 2 atom stereocenters.